The van der Waals surface area contributed by atoms with E-state index < -0.39 is 0 Å². The minimum atomic E-state index is 0. The van der Waals surface area contributed by atoms with Crippen LogP contribution in [0.25, 0.3) is 5.57 Å². The summed E-state index contributed by atoms with van der Waals surface area (Å²) in [5, 5.41) is 0. The van der Waals surface area contributed by atoms with Crippen molar-refractivity contribution in [2.45, 2.75) is 24.4 Å². The number of hydrogen-bond acceptors (Lipinski definition) is 0. The molecule has 119 valence electrons. The van der Waals surface area contributed by atoms with Crippen LogP contribution in [0.15, 0.2) is 60.7 Å². The normalized spacial score (nSPS) is 12.4. The molecule has 0 saturated carbocycles. The number of rotatable bonds is 1. The zero-order valence-corrected chi connectivity index (χ0v) is 20.7. The SMILES string of the molecule is Cl.Cl.[C-]1=C(c2ccccc2)C=CC1.[C-]1=CC=CC1.[CH3][GeH][CH3].[Hf]. The van der Waals surface area contributed by atoms with E-state index in [9.17, 15) is 0 Å². The summed E-state index contributed by atoms with van der Waals surface area (Å²) in [6.45, 7) is 0. The molecule has 0 nitrogen and oxygen atoms in total. The summed E-state index contributed by atoms with van der Waals surface area (Å²) in [4.78, 5) is 0. The average molecular weight is 561 g/mol. The molecule has 1 aromatic carbocycles. The zero-order valence-electron chi connectivity index (χ0n) is 13.1. The zero-order chi connectivity index (χ0) is 13.8. The molecule has 4 heteroatoms. The van der Waals surface area contributed by atoms with Crippen molar-refractivity contribution in [1.29, 1.82) is 0 Å². The number of halogens is 2. The first kappa shape index (κ1) is 27.0. The number of benzene rings is 1. The van der Waals surface area contributed by atoms with Crippen molar-refractivity contribution in [2.24, 2.45) is 0 Å². The van der Waals surface area contributed by atoms with Gasteiger partial charge in [-0.2, -0.15) is 23.8 Å². The van der Waals surface area contributed by atoms with Gasteiger partial charge in [0.25, 0.3) is 0 Å². The van der Waals surface area contributed by atoms with Crippen LogP contribution >= 0.6 is 24.8 Å². The molecular weight excluding hydrogens is 538 g/mol. The van der Waals surface area contributed by atoms with E-state index >= 15 is 0 Å². The molecule has 22 heavy (non-hydrogen) atoms. The van der Waals surface area contributed by atoms with E-state index in [2.05, 4.69) is 66.2 Å². The third kappa shape index (κ3) is 12.7. The van der Waals surface area contributed by atoms with Crippen LogP contribution < -0.4 is 0 Å². The minimum absolute atomic E-state index is 0. The summed E-state index contributed by atoms with van der Waals surface area (Å²) in [5.41, 5.74) is 2.49. The molecule has 3 rings (SSSR count). The fourth-order valence-corrected chi connectivity index (χ4v) is 1.56. The second-order valence-corrected chi connectivity index (χ2v) is 6.57. The van der Waals surface area contributed by atoms with E-state index in [0.29, 0.717) is 15.4 Å². The van der Waals surface area contributed by atoms with Crippen molar-refractivity contribution in [1.82, 2.24) is 0 Å². The average Bonchev–Trinajstić information content (AvgIpc) is 3.17. The van der Waals surface area contributed by atoms with Crippen LogP contribution in [0.3, 0.4) is 0 Å². The topological polar surface area (TPSA) is 0 Å². The Labute approximate surface area is 173 Å². The van der Waals surface area contributed by atoms with Gasteiger partial charge in [0.05, 0.1) is 0 Å². The Hall–Kier alpha value is 0.173. The van der Waals surface area contributed by atoms with Crippen LogP contribution in [0, 0.1) is 12.2 Å². The van der Waals surface area contributed by atoms with E-state index in [1.165, 1.54) is 11.1 Å². The molecule has 1 aromatic rings. The van der Waals surface area contributed by atoms with Gasteiger partial charge in [-0.25, -0.2) is 12.2 Å². The molecule has 0 unspecified atom stereocenters. The van der Waals surface area contributed by atoms with Gasteiger partial charge in [0, 0.05) is 25.8 Å². The molecule has 0 heterocycles. The van der Waals surface area contributed by atoms with Crippen LogP contribution in [0.5, 0.6) is 0 Å². The number of allylic oxidation sites excluding steroid dienone is 8. The second-order valence-electron chi connectivity index (χ2n) is 4.14. The first-order valence-corrected chi connectivity index (χ1v) is 11.5. The summed E-state index contributed by atoms with van der Waals surface area (Å²) in [6, 6.07) is 10.4. The van der Waals surface area contributed by atoms with E-state index in [0.717, 1.165) is 12.8 Å². The minimum Gasteiger partial charge on any atom is 0 e. The predicted octanol–water partition coefficient (Wildman–Crippen LogP) is 5.50. The molecule has 0 amide bonds. The Morgan fingerprint density at radius 3 is 1.95 bits per heavy atom. The predicted molar refractivity (Wildman–Crippen MR) is 102 cm³/mol. The van der Waals surface area contributed by atoms with Crippen LogP contribution in [-0.4, -0.2) is 15.4 Å². The van der Waals surface area contributed by atoms with E-state index in [1.807, 2.05) is 18.2 Å². The van der Waals surface area contributed by atoms with E-state index in [1.54, 1.807) is 0 Å². The summed E-state index contributed by atoms with van der Waals surface area (Å²) in [5.74, 6) is 4.56. The van der Waals surface area contributed by atoms with Crippen LogP contribution in [-0.2, 0) is 25.8 Å². The third-order valence-corrected chi connectivity index (χ3v) is 2.37. The molecule has 2 aliphatic rings. The van der Waals surface area contributed by atoms with Gasteiger partial charge in [-0.05, 0) is 0 Å². The molecule has 0 fully saturated rings. The maximum atomic E-state index is 3.28. The monoisotopic (exact) mass is 563 g/mol. The van der Waals surface area contributed by atoms with Crippen molar-refractivity contribution < 1.29 is 25.8 Å². The van der Waals surface area contributed by atoms with Gasteiger partial charge in [0.2, 0.25) is 0 Å². The Balaban J connectivity index is -0.000000283. The van der Waals surface area contributed by atoms with Crippen molar-refractivity contribution in [3.63, 3.8) is 0 Å². The maximum Gasteiger partial charge on any atom is 0 e. The van der Waals surface area contributed by atoms with Crippen LogP contribution in [0.1, 0.15) is 18.4 Å². The molecule has 0 N–H and O–H groups in total. The van der Waals surface area contributed by atoms with Crippen LogP contribution in [0.4, 0.5) is 0 Å². The second kappa shape index (κ2) is 19.2. The Kier molecular flexibility index (Phi) is 23.6. The van der Waals surface area contributed by atoms with Gasteiger partial charge in [-0.15, -0.1) is 55.0 Å². The van der Waals surface area contributed by atoms with Gasteiger partial charge in [0.15, 0.2) is 0 Å². The smallest absolute Gasteiger partial charge is 0 e. The molecule has 0 saturated heterocycles. The van der Waals surface area contributed by atoms with Gasteiger partial charge < -0.3 is 0 Å². The van der Waals surface area contributed by atoms with Crippen molar-refractivity contribution in [3.05, 3.63) is 78.4 Å². The van der Waals surface area contributed by atoms with Gasteiger partial charge in [-0.1, -0.05) is 24.6 Å². The van der Waals surface area contributed by atoms with Gasteiger partial charge in [-0.3, -0.25) is 6.08 Å². The molecular formula is C18H23Cl2GeHf-2. The summed E-state index contributed by atoms with van der Waals surface area (Å²) in [6.07, 6.45) is 18.5. The van der Waals surface area contributed by atoms with Crippen LogP contribution in [0.2, 0.25) is 11.5 Å². The molecule has 0 spiro atoms. The summed E-state index contributed by atoms with van der Waals surface area (Å²) in [7, 11) is 0. The van der Waals surface area contributed by atoms with Crippen molar-refractivity contribution >= 4 is 45.8 Å². The summed E-state index contributed by atoms with van der Waals surface area (Å²) < 4.78 is 0. The fraction of sp³-hybridized carbons (Fsp3) is 0.222. The van der Waals surface area contributed by atoms with Crippen molar-refractivity contribution in [2.75, 3.05) is 0 Å². The molecule has 2 aliphatic carbocycles. The molecule has 0 atom stereocenters. The Morgan fingerprint density at radius 1 is 0.955 bits per heavy atom. The standard InChI is InChI=1S/C11H9.C5H5.C2H7Ge.2ClH.Hf/c1-2-6-10(7-3-1)11-8-4-5-9-11;1-2-4-5-3-1;1-3-2;;;/h1-4,6-8H,5H2;1-3H,4H2;3H,1-2H3;2*1H;/q2*-1;;;;. The Morgan fingerprint density at radius 2 is 1.59 bits per heavy atom. The number of hydrogen-bond donors (Lipinski definition) is 0. The largest absolute Gasteiger partial charge is 0 e. The molecule has 1 radical (unpaired) electrons. The third-order valence-electron chi connectivity index (χ3n) is 2.37. The maximum absolute atomic E-state index is 3.28. The molecule has 0 bridgehead atoms. The van der Waals surface area contributed by atoms with Gasteiger partial charge >= 0.3 is 26.9 Å². The first-order chi connectivity index (χ1) is 9.38. The van der Waals surface area contributed by atoms with Crippen molar-refractivity contribution in [3.8, 4) is 0 Å². The summed E-state index contributed by atoms with van der Waals surface area (Å²) >= 11 is 0.312. The fourth-order valence-electron chi connectivity index (χ4n) is 1.56. The van der Waals surface area contributed by atoms with Gasteiger partial charge in [0.1, 0.15) is 0 Å². The molecule has 0 aliphatic heterocycles. The Bertz CT molecular complexity index is 455. The van der Waals surface area contributed by atoms with E-state index in [-0.39, 0.29) is 50.7 Å². The van der Waals surface area contributed by atoms with E-state index in [4.69, 9.17) is 0 Å². The quantitative estimate of drug-likeness (QED) is 0.314. The molecule has 0 aromatic heterocycles. The first-order valence-electron chi connectivity index (χ1n) is 6.67.